The summed E-state index contributed by atoms with van der Waals surface area (Å²) in [5.41, 5.74) is 4.06. The van der Waals surface area contributed by atoms with Crippen LogP contribution in [0, 0.1) is 0 Å². The van der Waals surface area contributed by atoms with Crippen molar-refractivity contribution in [3.8, 4) is 11.5 Å². The molecule has 3 saturated heterocycles. The average Bonchev–Trinajstić information content (AvgIpc) is 3.44. The molecule has 0 spiro atoms. The molecule has 0 aromatic heterocycles. The van der Waals surface area contributed by atoms with E-state index in [0.29, 0.717) is 42.6 Å². The molecule has 3 fully saturated rings. The molecular weight excluding hydrogens is 735 g/mol. The van der Waals surface area contributed by atoms with Gasteiger partial charge < -0.3 is 19.3 Å². The Morgan fingerprint density at radius 3 is 2.29 bits per heavy atom. The molecule has 4 aliphatic rings. The molecule has 56 heavy (non-hydrogen) atoms. The zero-order chi connectivity index (χ0) is 39.6. The van der Waals surface area contributed by atoms with Crippen molar-refractivity contribution in [2.45, 2.75) is 57.0 Å². The molecule has 1 N–H and O–H groups in total. The van der Waals surface area contributed by atoms with E-state index in [1.807, 2.05) is 25.1 Å². The second-order valence-electron chi connectivity index (χ2n) is 15.3. The van der Waals surface area contributed by atoms with Crippen LogP contribution in [0.3, 0.4) is 0 Å². The van der Waals surface area contributed by atoms with Gasteiger partial charge in [-0.05, 0) is 92.7 Å². The van der Waals surface area contributed by atoms with Gasteiger partial charge in [-0.1, -0.05) is 30.3 Å². The first-order chi connectivity index (χ1) is 26.9. The average molecular weight is 786 g/mol. The van der Waals surface area contributed by atoms with Gasteiger partial charge in [0.15, 0.2) is 11.5 Å². The first-order valence-electron chi connectivity index (χ1n) is 19.6. The van der Waals surface area contributed by atoms with E-state index >= 15 is 0 Å². The van der Waals surface area contributed by atoms with Crippen LogP contribution >= 0.6 is 0 Å². The smallest absolute Gasteiger partial charge is 0.262 e. The van der Waals surface area contributed by atoms with E-state index < -0.39 is 33.4 Å². The van der Waals surface area contributed by atoms with E-state index in [9.17, 15) is 27.6 Å². The molecule has 4 heterocycles. The Hall–Kier alpha value is -4.79. The Morgan fingerprint density at radius 2 is 1.59 bits per heavy atom. The molecule has 0 saturated carbocycles. The maximum atomic E-state index is 14.0. The summed E-state index contributed by atoms with van der Waals surface area (Å²) in [6.07, 6.45) is 5.13. The number of nitrogens with one attached hydrogen (secondary N) is 1. The Balaban J connectivity index is 0.937. The summed E-state index contributed by atoms with van der Waals surface area (Å²) in [5, 5.41) is 2.47. The summed E-state index contributed by atoms with van der Waals surface area (Å²) in [7, 11) is -2.09. The van der Waals surface area contributed by atoms with Crippen LogP contribution in [0.4, 0.5) is 5.69 Å². The molecule has 13 nitrogen and oxygen atoms in total. The summed E-state index contributed by atoms with van der Waals surface area (Å²) in [6.45, 7) is 8.55. The third kappa shape index (κ3) is 8.62. The largest absolute Gasteiger partial charge is 0.493 e. The molecule has 0 bridgehead atoms. The molecular formula is C42H51N5O8S. The molecule has 0 radical (unpaired) electrons. The van der Waals surface area contributed by atoms with Gasteiger partial charge in [0.25, 0.3) is 11.8 Å². The standard InChI is InChI=1S/C42H51N5O8S/c1-4-55-38-25-30(8-12-37(38)54-2)36(27-56(3,52)53)47-41(50)34-10-9-32(26-35(34)42(47)51)46-22-20-45(21-23-46)31-15-18-44(19-16-31)17-14-28-6-5-7-29(24-28)33-11-13-39(48)43-40(33)49/h5-10,12,24-26,31,33,36H,4,11,13-23,27H2,1-3H3,(H,43,48,49)/t33?,36-/m1/s1. The highest BCUT2D eigenvalue weighted by Gasteiger charge is 2.42. The van der Waals surface area contributed by atoms with Crippen molar-refractivity contribution < 1.29 is 37.1 Å². The number of piperidine rings is 2. The van der Waals surface area contributed by atoms with Crippen LogP contribution in [0.25, 0.3) is 0 Å². The molecule has 4 amide bonds. The lowest BCUT2D eigenvalue weighted by molar-refractivity contribution is -0.134. The first kappa shape index (κ1) is 39.4. The molecule has 0 aliphatic carbocycles. The number of nitrogens with zero attached hydrogens (tertiary/aromatic N) is 4. The van der Waals surface area contributed by atoms with Gasteiger partial charge in [0.05, 0.1) is 42.6 Å². The number of hydrogen-bond acceptors (Lipinski definition) is 11. The van der Waals surface area contributed by atoms with Crippen molar-refractivity contribution >= 4 is 39.2 Å². The zero-order valence-corrected chi connectivity index (χ0v) is 33.2. The number of carbonyl (C=O) groups excluding carboxylic acids is 4. The normalized spacial score (nSPS) is 20.6. The number of likely N-dealkylation sites (tertiary alicyclic amines) is 1. The Kier molecular flexibility index (Phi) is 11.8. The number of anilines is 1. The maximum Gasteiger partial charge on any atom is 0.262 e. The number of benzene rings is 3. The highest BCUT2D eigenvalue weighted by atomic mass is 32.2. The number of imide groups is 2. The van der Waals surface area contributed by atoms with Crippen LogP contribution in [0.2, 0.25) is 0 Å². The van der Waals surface area contributed by atoms with Gasteiger partial charge in [-0.2, -0.15) is 0 Å². The van der Waals surface area contributed by atoms with Crippen LogP contribution in [-0.2, 0) is 25.8 Å². The minimum atomic E-state index is -3.60. The molecule has 14 heteroatoms. The predicted molar refractivity (Wildman–Crippen MR) is 212 cm³/mol. The summed E-state index contributed by atoms with van der Waals surface area (Å²) in [4.78, 5) is 60.2. The number of hydrogen-bond donors (Lipinski definition) is 1. The van der Waals surface area contributed by atoms with E-state index in [4.69, 9.17) is 9.47 Å². The lowest BCUT2D eigenvalue weighted by atomic mass is 9.89. The minimum Gasteiger partial charge on any atom is -0.493 e. The monoisotopic (exact) mass is 785 g/mol. The zero-order valence-electron chi connectivity index (χ0n) is 32.4. The quantitative estimate of drug-likeness (QED) is 0.253. The van der Waals surface area contributed by atoms with Gasteiger partial charge in [-0.3, -0.25) is 34.3 Å². The third-order valence-electron chi connectivity index (χ3n) is 11.6. The number of rotatable bonds is 13. The van der Waals surface area contributed by atoms with Crippen molar-refractivity contribution in [2.75, 3.05) is 76.4 Å². The summed E-state index contributed by atoms with van der Waals surface area (Å²) >= 11 is 0. The van der Waals surface area contributed by atoms with Gasteiger partial charge in [0, 0.05) is 57.1 Å². The lowest BCUT2D eigenvalue weighted by Gasteiger charge is -2.43. The lowest BCUT2D eigenvalue weighted by Crippen LogP contribution is -2.53. The number of carbonyl (C=O) groups is 4. The maximum absolute atomic E-state index is 14.0. The van der Waals surface area contributed by atoms with E-state index in [1.165, 1.54) is 12.7 Å². The number of sulfone groups is 1. The van der Waals surface area contributed by atoms with Crippen molar-refractivity contribution in [1.29, 1.82) is 0 Å². The SMILES string of the molecule is CCOc1cc([C@@H](CS(C)(=O)=O)N2C(=O)c3ccc(N4CCN(C5CCN(CCc6cccc(C7CCC(=O)NC7=O)c6)CC5)CC4)cc3C2=O)ccc1OC. The van der Waals surface area contributed by atoms with Gasteiger partial charge in [0.1, 0.15) is 9.84 Å². The Morgan fingerprint density at radius 1 is 0.839 bits per heavy atom. The van der Waals surface area contributed by atoms with Crippen LogP contribution in [0.5, 0.6) is 11.5 Å². The molecule has 3 aromatic carbocycles. The number of amides is 4. The van der Waals surface area contributed by atoms with Crippen molar-refractivity contribution in [3.63, 3.8) is 0 Å². The highest BCUT2D eigenvalue weighted by molar-refractivity contribution is 7.90. The van der Waals surface area contributed by atoms with Gasteiger partial charge in [-0.25, -0.2) is 8.42 Å². The number of methoxy groups -OCH3 is 1. The number of ether oxygens (including phenoxy) is 2. The molecule has 3 aromatic rings. The molecule has 298 valence electrons. The number of piperazine rings is 1. The fraction of sp³-hybridized carbons (Fsp3) is 0.476. The predicted octanol–water partition coefficient (Wildman–Crippen LogP) is 3.83. The van der Waals surface area contributed by atoms with E-state index in [2.05, 4.69) is 32.1 Å². The van der Waals surface area contributed by atoms with Gasteiger partial charge in [-0.15, -0.1) is 0 Å². The first-order valence-corrected chi connectivity index (χ1v) is 21.6. The van der Waals surface area contributed by atoms with Crippen molar-refractivity contribution in [3.05, 3.63) is 88.5 Å². The van der Waals surface area contributed by atoms with Crippen molar-refractivity contribution in [1.82, 2.24) is 20.0 Å². The molecule has 1 unspecified atom stereocenters. The van der Waals surface area contributed by atoms with E-state index in [1.54, 1.807) is 30.3 Å². The summed E-state index contributed by atoms with van der Waals surface area (Å²) in [6, 6.07) is 18.0. The Labute approximate surface area is 328 Å². The van der Waals surface area contributed by atoms with Crippen LogP contribution < -0.4 is 19.7 Å². The van der Waals surface area contributed by atoms with Crippen LogP contribution in [0.15, 0.2) is 60.7 Å². The highest BCUT2D eigenvalue weighted by Crippen LogP contribution is 2.38. The molecule has 2 atom stereocenters. The minimum absolute atomic E-state index is 0.195. The topological polar surface area (TPSA) is 146 Å². The fourth-order valence-corrected chi connectivity index (χ4v) is 9.54. The Bertz CT molecular complexity index is 2090. The number of fused-ring (bicyclic) bond motifs is 1. The van der Waals surface area contributed by atoms with Crippen LogP contribution in [0.1, 0.15) is 82.0 Å². The van der Waals surface area contributed by atoms with E-state index in [0.717, 1.165) is 87.5 Å². The van der Waals surface area contributed by atoms with E-state index in [-0.39, 0.29) is 28.9 Å². The fourth-order valence-electron chi connectivity index (χ4n) is 8.62. The van der Waals surface area contributed by atoms with Crippen LogP contribution in [-0.4, -0.2) is 124 Å². The molecule has 7 rings (SSSR count). The second kappa shape index (κ2) is 16.7. The summed E-state index contributed by atoms with van der Waals surface area (Å²) in [5.74, 6) is -1.25. The van der Waals surface area contributed by atoms with Gasteiger partial charge in [0.2, 0.25) is 11.8 Å². The van der Waals surface area contributed by atoms with Gasteiger partial charge >= 0.3 is 0 Å². The second-order valence-corrected chi connectivity index (χ2v) is 17.4. The third-order valence-corrected chi connectivity index (χ3v) is 12.5. The van der Waals surface area contributed by atoms with Crippen molar-refractivity contribution in [2.24, 2.45) is 0 Å². The molecule has 4 aliphatic heterocycles. The summed E-state index contributed by atoms with van der Waals surface area (Å²) < 4.78 is 36.4.